The molecule has 1 N–H and O–H groups in total. The zero-order valence-electron chi connectivity index (χ0n) is 10.3. The highest BCUT2D eigenvalue weighted by Gasteiger charge is 2.00. The fraction of sp³-hybridized carbons (Fsp3) is 0.818. The molecule has 0 aliphatic heterocycles. The first-order valence-electron chi connectivity index (χ1n) is 5.82. The molecular formula is C11H21N3S2. The molecule has 0 amide bonds. The highest BCUT2D eigenvalue weighted by atomic mass is 32.2. The van der Waals surface area contributed by atoms with Gasteiger partial charge in [-0.15, -0.1) is 0 Å². The summed E-state index contributed by atoms with van der Waals surface area (Å²) in [6.45, 7) is 8.67. The molecule has 16 heavy (non-hydrogen) atoms. The number of hydrogen-bond donors (Lipinski definition) is 1. The predicted octanol–water partition coefficient (Wildman–Crippen LogP) is 2.96. The summed E-state index contributed by atoms with van der Waals surface area (Å²) in [6.07, 6.45) is 2.59. The van der Waals surface area contributed by atoms with E-state index in [9.17, 15) is 0 Å². The van der Waals surface area contributed by atoms with Crippen LogP contribution in [0.4, 0.5) is 0 Å². The molecule has 1 heterocycles. The number of nitrogens with zero attached hydrogens (tertiary/aromatic N) is 2. The smallest absolute Gasteiger partial charge is 0.170 e. The molecule has 0 atom stereocenters. The number of hydrogen-bond acceptors (Lipinski definition) is 5. The van der Waals surface area contributed by atoms with Gasteiger partial charge in [0.15, 0.2) is 4.34 Å². The van der Waals surface area contributed by atoms with Crippen LogP contribution in [0.1, 0.15) is 32.5 Å². The molecule has 0 aromatic carbocycles. The van der Waals surface area contributed by atoms with Crippen molar-refractivity contribution in [2.24, 2.45) is 5.92 Å². The summed E-state index contributed by atoms with van der Waals surface area (Å²) in [4.78, 5) is 4.31. The lowest BCUT2D eigenvalue weighted by molar-refractivity contribution is 0.534. The van der Waals surface area contributed by atoms with Gasteiger partial charge in [0.1, 0.15) is 5.82 Å². The van der Waals surface area contributed by atoms with Crippen LogP contribution in [-0.2, 0) is 0 Å². The Balaban J connectivity index is 1.92. The molecule has 0 fully saturated rings. The summed E-state index contributed by atoms with van der Waals surface area (Å²) in [7, 11) is 0. The summed E-state index contributed by atoms with van der Waals surface area (Å²) in [5.41, 5.74) is 0. The van der Waals surface area contributed by atoms with Crippen molar-refractivity contribution in [1.82, 2.24) is 14.7 Å². The van der Waals surface area contributed by atoms with Crippen molar-refractivity contribution < 1.29 is 0 Å². The zero-order valence-corrected chi connectivity index (χ0v) is 12.0. The van der Waals surface area contributed by atoms with Crippen molar-refractivity contribution in [2.75, 3.05) is 18.8 Å². The van der Waals surface area contributed by atoms with Crippen molar-refractivity contribution in [3.63, 3.8) is 0 Å². The van der Waals surface area contributed by atoms with Gasteiger partial charge in [0, 0.05) is 12.3 Å². The minimum atomic E-state index is 0.820. The number of nitrogens with one attached hydrogen (secondary N) is 1. The molecule has 92 valence electrons. The third-order valence-corrected chi connectivity index (χ3v) is 4.07. The van der Waals surface area contributed by atoms with Crippen molar-refractivity contribution in [3.05, 3.63) is 5.82 Å². The number of thioether (sulfide) groups is 1. The molecule has 1 rings (SSSR count). The van der Waals surface area contributed by atoms with Crippen LogP contribution < -0.4 is 5.32 Å². The molecule has 0 saturated heterocycles. The van der Waals surface area contributed by atoms with Crippen LogP contribution in [0.5, 0.6) is 0 Å². The summed E-state index contributed by atoms with van der Waals surface area (Å²) in [5, 5.41) is 3.45. The van der Waals surface area contributed by atoms with E-state index in [1.54, 1.807) is 11.8 Å². The largest absolute Gasteiger partial charge is 0.316 e. The lowest BCUT2D eigenvalue weighted by Crippen LogP contribution is -2.18. The second-order valence-corrected chi connectivity index (χ2v) is 6.34. The maximum atomic E-state index is 4.31. The van der Waals surface area contributed by atoms with Crippen LogP contribution in [0.3, 0.4) is 0 Å². The third kappa shape index (κ3) is 6.45. The van der Waals surface area contributed by atoms with Gasteiger partial charge in [0.25, 0.3) is 0 Å². The minimum Gasteiger partial charge on any atom is -0.316 e. The lowest BCUT2D eigenvalue weighted by atomic mass is 10.1. The topological polar surface area (TPSA) is 37.8 Å². The Labute approximate surface area is 107 Å². The van der Waals surface area contributed by atoms with E-state index < -0.39 is 0 Å². The highest BCUT2D eigenvalue weighted by Crippen LogP contribution is 2.18. The van der Waals surface area contributed by atoms with E-state index in [1.807, 2.05) is 6.92 Å². The summed E-state index contributed by atoms with van der Waals surface area (Å²) < 4.78 is 5.24. The molecule has 5 heteroatoms. The molecule has 0 bridgehead atoms. The highest BCUT2D eigenvalue weighted by molar-refractivity contribution is 8.00. The van der Waals surface area contributed by atoms with Crippen LogP contribution in [0, 0.1) is 12.8 Å². The molecule has 1 aromatic rings. The molecule has 3 nitrogen and oxygen atoms in total. The Morgan fingerprint density at radius 3 is 2.81 bits per heavy atom. The average molecular weight is 259 g/mol. The fourth-order valence-corrected chi connectivity index (χ4v) is 2.92. The van der Waals surface area contributed by atoms with Gasteiger partial charge in [-0.1, -0.05) is 25.6 Å². The molecule has 0 saturated carbocycles. The number of aryl methyl sites for hydroxylation is 1. The van der Waals surface area contributed by atoms with E-state index in [0.29, 0.717) is 0 Å². The monoisotopic (exact) mass is 259 g/mol. The molecular weight excluding hydrogens is 238 g/mol. The second-order valence-electron chi connectivity index (χ2n) is 4.24. The van der Waals surface area contributed by atoms with Gasteiger partial charge < -0.3 is 5.32 Å². The van der Waals surface area contributed by atoms with E-state index in [1.165, 1.54) is 24.4 Å². The van der Waals surface area contributed by atoms with Crippen molar-refractivity contribution in [2.45, 2.75) is 38.0 Å². The van der Waals surface area contributed by atoms with Crippen molar-refractivity contribution in [3.8, 4) is 0 Å². The first-order valence-corrected chi connectivity index (χ1v) is 7.58. The fourth-order valence-electron chi connectivity index (χ4n) is 1.31. The molecule has 0 unspecified atom stereocenters. The van der Waals surface area contributed by atoms with Crippen LogP contribution in [0.25, 0.3) is 0 Å². The Morgan fingerprint density at radius 2 is 2.19 bits per heavy atom. The Bertz CT molecular complexity index is 287. The van der Waals surface area contributed by atoms with E-state index in [4.69, 9.17) is 0 Å². The summed E-state index contributed by atoms with van der Waals surface area (Å²) in [6, 6.07) is 0. The van der Waals surface area contributed by atoms with Gasteiger partial charge in [-0.3, -0.25) is 0 Å². The van der Waals surface area contributed by atoms with Crippen LogP contribution >= 0.6 is 23.3 Å². The summed E-state index contributed by atoms with van der Waals surface area (Å²) >= 11 is 3.28. The number of aromatic nitrogens is 2. The Hall–Kier alpha value is -0.130. The van der Waals surface area contributed by atoms with Gasteiger partial charge in [-0.25, -0.2) is 4.98 Å². The van der Waals surface area contributed by atoms with Crippen LogP contribution in [-0.4, -0.2) is 28.2 Å². The van der Waals surface area contributed by atoms with E-state index >= 15 is 0 Å². The first kappa shape index (κ1) is 13.9. The molecule has 1 aromatic heterocycles. The van der Waals surface area contributed by atoms with Crippen LogP contribution in [0.2, 0.25) is 0 Å². The van der Waals surface area contributed by atoms with Gasteiger partial charge in [-0.2, -0.15) is 4.37 Å². The standard InChI is InChI=1S/C11H21N3S2/c1-9(2)5-4-6-12-7-8-15-11-13-10(3)14-16-11/h9,12H,4-8H2,1-3H3. The second kappa shape index (κ2) is 8.03. The summed E-state index contributed by atoms with van der Waals surface area (Å²) in [5.74, 6) is 2.79. The molecule has 0 radical (unpaired) electrons. The average Bonchev–Trinajstić information content (AvgIpc) is 2.62. The van der Waals surface area contributed by atoms with E-state index in [-0.39, 0.29) is 0 Å². The molecule has 0 spiro atoms. The maximum absolute atomic E-state index is 4.31. The number of rotatable bonds is 8. The molecule has 0 aliphatic rings. The Kier molecular flexibility index (Phi) is 7.00. The predicted molar refractivity (Wildman–Crippen MR) is 72.3 cm³/mol. The zero-order chi connectivity index (χ0) is 11.8. The van der Waals surface area contributed by atoms with Crippen molar-refractivity contribution in [1.29, 1.82) is 0 Å². The van der Waals surface area contributed by atoms with E-state index in [0.717, 1.165) is 34.9 Å². The van der Waals surface area contributed by atoms with Gasteiger partial charge in [0.2, 0.25) is 0 Å². The quantitative estimate of drug-likeness (QED) is 0.575. The maximum Gasteiger partial charge on any atom is 0.170 e. The van der Waals surface area contributed by atoms with Gasteiger partial charge >= 0.3 is 0 Å². The SMILES string of the molecule is Cc1nsc(SCCNCCCC(C)C)n1. The Morgan fingerprint density at radius 1 is 1.38 bits per heavy atom. The van der Waals surface area contributed by atoms with Crippen LogP contribution in [0.15, 0.2) is 4.34 Å². The minimum absolute atomic E-state index is 0.820. The third-order valence-electron chi connectivity index (χ3n) is 2.15. The van der Waals surface area contributed by atoms with Crippen molar-refractivity contribution >= 4 is 23.3 Å². The molecule has 0 aliphatic carbocycles. The first-order chi connectivity index (χ1) is 7.68. The normalized spacial score (nSPS) is 11.2. The van der Waals surface area contributed by atoms with E-state index in [2.05, 4.69) is 28.5 Å². The lowest BCUT2D eigenvalue weighted by Gasteiger charge is -2.05. The van der Waals surface area contributed by atoms with Gasteiger partial charge in [-0.05, 0) is 43.8 Å². The van der Waals surface area contributed by atoms with Gasteiger partial charge in [0.05, 0.1) is 0 Å².